The largest absolute Gasteiger partial charge is 0.242 e. The average molecular weight is 420 g/mol. The zero-order valence-corrected chi connectivity index (χ0v) is 14.7. The van der Waals surface area contributed by atoms with Crippen LogP contribution in [0.25, 0.3) is 0 Å². The first-order chi connectivity index (χ1) is 8.27. The zero-order valence-electron chi connectivity index (χ0n) is 9.95. The van der Waals surface area contributed by atoms with Gasteiger partial charge in [-0.05, 0) is 31.0 Å². The monoisotopic (exact) mass is 417 g/mol. The minimum atomic E-state index is -3.59. The normalized spacial score (nSPS) is 15.4. The van der Waals surface area contributed by atoms with Crippen LogP contribution in [0.2, 0.25) is 5.02 Å². The predicted octanol–water partition coefficient (Wildman–Crippen LogP) is 3.80. The summed E-state index contributed by atoms with van der Waals surface area (Å²) in [6.07, 6.45) is 0. The molecule has 0 aromatic heterocycles. The lowest BCUT2D eigenvalue weighted by Crippen LogP contribution is -2.37. The SMILES string of the molecule is CC(CBr)C(C)NS(=O)(=O)c1ccc(Br)cc1Cl. The van der Waals surface area contributed by atoms with Gasteiger partial charge in [-0.3, -0.25) is 0 Å². The van der Waals surface area contributed by atoms with Gasteiger partial charge >= 0.3 is 0 Å². The summed E-state index contributed by atoms with van der Waals surface area (Å²) in [6, 6.07) is 4.53. The molecule has 0 heterocycles. The first-order valence-electron chi connectivity index (χ1n) is 5.31. The van der Waals surface area contributed by atoms with Crippen LogP contribution >= 0.6 is 43.5 Å². The van der Waals surface area contributed by atoms with E-state index in [1.54, 1.807) is 12.1 Å². The molecular formula is C11H14Br2ClNO2S. The molecule has 0 radical (unpaired) electrons. The van der Waals surface area contributed by atoms with Gasteiger partial charge in [0, 0.05) is 15.8 Å². The third kappa shape index (κ3) is 4.20. The van der Waals surface area contributed by atoms with Crippen LogP contribution in [0.15, 0.2) is 27.6 Å². The number of hydrogen-bond donors (Lipinski definition) is 1. The second-order valence-corrected chi connectivity index (χ2v) is 7.77. The van der Waals surface area contributed by atoms with Crippen LogP contribution in [0.5, 0.6) is 0 Å². The lowest BCUT2D eigenvalue weighted by Gasteiger charge is -2.19. The molecule has 2 unspecified atom stereocenters. The fourth-order valence-corrected chi connectivity index (χ4v) is 4.20. The number of benzene rings is 1. The molecule has 0 aliphatic carbocycles. The number of hydrogen-bond acceptors (Lipinski definition) is 2. The molecule has 1 N–H and O–H groups in total. The summed E-state index contributed by atoms with van der Waals surface area (Å²) in [6.45, 7) is 3.79. The van der Waals surface area contributed by atoms with Crippen molar-refractivity contribution in [1.82, 2.24) is 4.72 Å². The van der Waals surface area contributed by atoms with Crippen LogP contribution in [0, 0.1) is 5.92 Å². The maximum absolute atomic E-state index is 12.2. The van der Waals surface area contributed by atoms with Crippen molar-refractivity contribution < 1.29 is 8.42 Å². The van der Waals surface area contributed by atoms with E-state index < -0.39 is 10.0 Å². The van der Waals surface area contributed by atoms with E-state index in [1.165, 1.54) is 6.07 Å². The van der Waals surface area contributed by atoms with Crippen molar-refractivity contribution in [3.8, 4) is 0 Å². The molecule has 7 heteroatoms. The Morgan fingerprint density at radius 2 is 2.00 bits per heavy atom. The highest BCUT2D eigenvalue weighted by atomic mass is 79.9. The van der Waals surface area contributed by atoms with E-state index in [0.717, 1.165) is 9.80 Å². The summed E-state index contributed by atoms with van der Waals surface area (Å²) in [5, 5.41) is 0.931. The van der Waals surface area contributed by atoms with Crippen molar-refractivity contribution in [2.75, 3.05) is 5.33 Å². The van der Waals surface area contributed by atoms with Gasteiger partial charge < -0.3 is 0 Å². The Kier molecular flexibility index (Phi) is 6.12. The molecule has 0 bridgehead atoms. The number of sulfonamides is 1. The molecule has 102 valence electrons. The Labute approximate surface area is 130 Å². The van der Waals surface area contributed by atoms with Crippen molar-refractivity contribution in [2.45, 2.75) is 24.8 Å². The van der Waals surface area contributed by atoms with Gasteiger partial charge in [0.1, 0.15) is 4.90 Å². The number of alkyl halides is 1. The van der Waals surface area contributed by atoms with Crippen LogP contribution in [-0.2, 0) is 10.0 Å². The maximum Gasteiger partial charge on any atom is 0.242 e. The van der Waals surface area contributed by atoms with Crippen molar-refractivity contribution in [3.05, 3.63) is 27.7 Å². The molecule has 1 aromatic rings. The first kappa shape index (κ1) is 16.4. The standard InChI is InChI=1S/C11H14Br2ClNO2S/c1-7(6-12)8(2)15-18(16,17)11-4-3-9(13)5-10(11)14/h3-5,7-8,15H,6H2,1-2H3. The van der Waals surface area contributed by atoms with Gasteiger partial charge in [-0.25, -0.2) is 13.1 Å². The van der Waals surface area contributed by atoms with E-state index in [0.29, 0.717) is 0 Å². The molecule has 0 aliphatic rings. The Morgan fingerprint density at radius 1 is 1.39 bits per heavy atom. The topological polar surface area (TPSA) is 46.2 Å². The van der Waals surface area contributed by atoms with Crippen molar-refractivity contribution >= 4 is 53.5 Å². The van der Waals surface area contributed by atoms with E-state index in [-0.39, 0.29) is 21.9 Å². The van der Waals surface area contributed by atoms with E-state index in [1.807, 2.05) is 13.8 Å². The molecule has 0 aliphatic heterocycles. The number of halogens is 3. The van der Waals surface area contributed by atoms with Crippen LogP contribution < -0.4 is 4.72 Å². The molecule has 0 saturated heterocycles. The zero-order chi connectivity index (χ0) is 13.9. The number of nitrogens with one attached hydrogen (secondary N) is 1. The molecule has 0 amide bonds. The summed E-state index contributed by atoms with van der Waals surface area (Å²) in [4.78, 5) is 0.0981. The molecule has 0 saturated carbocycles. The second-order valence-electron chi connectivity index (χ2n) is 4.12. The van der Waals surface area contributed by atoms with Crippen molar-refractivity contribution in [1.29, 1.82) is 0 Å². The number of rotatable bonds is 5. The smallest absolute Gasteiger partial charge is 0.208 e. The Bertz CT molecular complexity index is 522. The Hall–Kier alpha value is 0.380. The molecule has 1 rings (SSSR count). The fourth-order valence-electron chi connectivity index (χ4n) is 1.25. The molecule has 0 spiro atoms. The lowest BCUT2D eigenvalue weighted by molar-refractivity contribution is 0.484. The summed E-state index contributed by atoms with van der Waals surface area (Å²) in [5.41, 5.74) is 0. The molecule has 18 heavy (non-hydrogen) atoms. The van der Waals surface area contributed by atoms with E-state index in [2.05, 4.69) is 36.6 Å². The summed E-state index contributed by atoms with van der Waals surface area (Å²) < 4.78 is 27.7. The Morgan fingerprint density at radius 3 is 2.50 bits per heavy atom. The molecule has 2 atom stereocenters. The first-order valence-corrected chi connectivity index (χ1v) is 9.09. The summed E-state index contributed by atoms with van der Waals surface area (Å²) >= 11 is 12.5. The lowest BCUT2D eigenvalue weighted by atomic mass is 10.1. The highest BCUT2D eigenvalue weighted by Gasteiger charge is 2.22. The fraction of sp³-hybridized carbons (Fsp3) is 0.455. The molecule has 0 fully saturated rings. The Balaban J connectivity index is 3.00. The molecule has 3 nitrogen and oxygen atoms in total. The quantitative estimate of drug-likeness (QED) is 0.738. The summed E-state index contributed by atoms with van der Waals surface area (Å²) in [7, 11) is -3.59. The van der Waals surface area contributed by atoms with Gasteiger partial charge in [0.25, 0.3) is 0 Å². The van der Waals surface area contributed by atoms with E-state index in [9.17, 15) is 8.42 Å². The third-order valence-corrected chi connectivity index (χ3v) is 6.18. The van der Waals surface area contributed by atoms with Gasteiger partial charge in [-0.2, -0.15) is 0 Å². The maximum atomic E-state index is 12.2. The second kappa shape index (κ2) is 6.70. The van der Waals surface area contributed by atoms with Crippen LogP contribution in [0.3, 0.4) is 0 Å². The highest BCUT2D eigenvalue weighted by Crippen LogP contribution is 2.25. The van der Waals surface area contributed by atoms with Gasteiger partial charge in [0.15, 0.2) is 0 Å². The van der Waals surface area contributed by atoms with Gasteiger partial charge in [0.2, 0.25) is 10.0 Å². The minimum Gasteiger partial charge on any atom is -0.208 e. The molecular weight excluding hydrogens is 405 g/mol. The van der Waals surface area contributed by atoms with Crippen LogP contribution in [-0.4, -0.2) is 19.8 Å². The van der Waals surface area contributed by atoms with Crippen LogP contribution in [0.4, 0.5) is 0 Å². The van der Waals surface area contributed by atoms with E-state index in [4.69, 9.17) is 11.6 Å². The third-order valence-electron chi connectivity index (χ3n) is 2.62. The summed E-state index contributed by atoms with van der Waals surface area (Å²) in [5.74, 6) is 0.189. The van der Waals surface area contributed by atoms with Gasteiger partial charge in [-0.15, -0.1) is 0 Å². The molecule has 1 aromatic carbocycles. The average Bonchev–Trinajstić information content (AvgIpc) is 2.26. The highest BCUT2D eigenvalue weighted by molar-refractivity contribution is 9.10. The predicted molar refractivity (Wildman–Crippen MR) is 81.9 cm³/mol. The van der Waals surface area contributed by atoms with E-state index >= 15 is 0 Å². The van der Waals surface area contributed by atoms with Gasteiger partial charge in [0.05, 0.1) is 5.02 Å². The van der Waals surface area contributed by atoms with Crippen molar-refractivity contribution in [2.24, 2.45) is 5.92 Å². The van der Waals surface area contributed by atoms with Gasteiger partial charge in [-0.1, -0.05) is 50.4 Å². The van der Waals surface area contributed by atoms with Crippen LogP contribution in [0.1, 0.15) is 13.8 Å². The van der Waals surface area contributed by atoms with Crippen molar-refractivity contribution in [3.63, 3.8) is 0 Å². The minimum absolute atomic E-state index is 0.0981.